The molecule has 2 aromatic rings. The van der Waals surface area contributed by atoms with Gasteiger partial charge in [0.05, 0.1) is 31.5 Å². The zero-order valence-electron chi connectivity index (χ0n) is 23.4. The number of carbonyl (C=O) groups is 4. The van der Waals surface area contributed by atoms with Crippen molar-refractivity contribution in [2.75, 3.05) is 32.1 Å². The number of aromatic nitrogens is 2. The van der Waals surface area contributed by atoms with Gasteiger partial charge in [0, 0.05) is 29.0 Å². The maximum absolute atomic E-state index is 13.2. The van der Waals surface area contributed by atoms with Crippen LogP contribution in [0.2, 0.25) is 0 Å². The van der Waals surface area contributed by atoms with Gasteiger partial charge < -0.3 is 45.5 Å². The van der Waals surface area contributed by atoms with Crippen molar-refractivity contribution in [2.45, 2.75) is 37.4 Å². The molecule has 2 atom stereocenters. The number of carboxylic acid groups (broad SMARTS) is 2. The molecule has 0 saturated carbocycles. The number of nitrogens with one attached hydrogen (secondary N) is 2. The van der Waals surface area contributed by atoms with Crippen molar-refractivity contribution in [2.24, 2.45) is 5.16 Å². The smallest absolute Gasteiger partial charge is 0.350 e. The Labute approximate surface area is 252 Å². The van der Waals surface area contributed by atoms with E-state index < -0.39 is 57.7 Å². The third-order valence-corrected chi connectivity index (χ3v) is 8.57. The van der Waals surface area contributed by atoms with Crippen molar-refractivity contribution in [1.29, 1.82) is 0 Å². The number of thiazole rings is 1. The van der Waals surface area contributed by atoms with Gasteiger partial charge in [-0.3, -0.25) is 19.3 Å². The molecule has 4 heterocycles. The number of carbonyl (C=O) groups excluding carboxylic acids is 3. The minimum absolute atomic E-state index is 0.00584. The van der Waals surface area contributed by atoms with E-state index in [0.29, 0.717) is 11.3 Å². The van der Waals surface area contributed by atoms with Gasteiger partial charge in [0.25, 0.3) is 11.8 Å². The summed E-state index contributed by atoms with van der Waals surface area (Å²) < 4.78 is 0.198. The van der Waals surface area contributed by atoms with Crippen LogP contribution in [0.3, 0.4) is 0 Å². The molecule has 4 rings (SSSR count). The van der Waals surface area contributed by atoms with Crippen molar-refractivity contribution in [3.8, 4) is 5.75 Å². The van der Waals surface area contributed by atoms with Crippen molar-refractivity contribution in [1.82, 2.24) is 20.2 Å². The summed E-state index contributed by atoms with van der Waals surface area (Å²) in [6.07, 6.45) is 1.18. The average Bonchev–Trinajstić information content (AvgIpc) is 3.34. The average molecular weight is 636 g/mol. The van der Waals surface area contributed by atoms with E-state index in [1.807, 2.05) is 14.1 Å². The Balaban J connectivity index is 1.53. The fraction of sp³-hybridized carbons (Fsp3) is 0.400. The van der Waals surface area contributed by atoms with E-state index in [0.717, 1.165) is 16.2 Å². The third kappa shape index (κ3) is 6.65. The number of carboxylic acids is 2. The number of likely N-dealkylation sites (N-methyl/N-ethyl adjacent to an activating group) is 1. The Morgan fingerprint density at radius 3 is 2.60 bits per heavy atom. The first-order chi connectivity index (χ1) is 20.0. The molecule has 0 aliphatic carbocycles. The summed E-state index contributed by atoms with van der Waals surface area (Å²) in [6.45, 7) is 2.92. The number of nitrogen functional groups attached to an aromatic ring is 1. The number of β-lactam (4-membered cyclic amide) rings is 1. The summed E-state index contributed by atoms with van der Waals surface area (Å²) in [7, 11) is 3.62. The lowest BCUT2D eigenvalue weighted by Gasteiger charge is -2.51. The highest BCUT2D eigenvalue weighted by atomic mass is 32.2. The summed E-state index contributed by atoms with van der Waals surface area (Å²) in [5.74, 6) is -4.71. The second kappa shape index (κ2) is 11.7. The molecule has 0 spiro atoms. The van der Waals surface area contributed by atoms with Crippen LogP contribution in [0.15, 0.2) is 38.9 Å². The predicted molar refractivity (Wildman–Crippen MR) is 152 cm³/mol. The summed E-state index contributed by atoms with van der Waals surface area (Å²) in [4.78, 5) is 74.9. The van der Waals surface area contributed by atoms with E-state index in [4.69, 9.17) is 10.6 Å². The number of hydrogen-bond donors (Lipinski definition) is 5. The van der Waals surface area contributed by atoms with Gasteiger partial charge >= 0.3 is 5.97 Å². The largest absolute Gasteiger partial charge is 0.543 e. The molecule has 2 aromatic heterocycles. The quantitative estimate of drug-likeness (QED) is 0.0810. The molecule has 43 heavy (non-hydrogen) atoms. The molecule has 2 aliphatic rings. The van der Waals surface area contributed by atoms with Crippen LogP contribution in [0, 0.1) is 0 Å². The monoisotopic (exact) mass is 635 g/mol. The molecule has 1 saturated heterocycles. The topological polar surface area (TPSA) is 240 Å². The summed E-state index contributed by atoms with van der Waals surface area (Å²) in [5.41, 5.74) is 3.56. The van der Waals surface area contributed by atoms with Gasteiger partial charge in [-0.1, -0.05) is 5.16 Å². The normalized spacial score (nSPS) is 19.0. The Hall–Kier alpha value is -4.42. The number of anilines is 1. The fourth-order valence-corrected chi connectivity index (χ4v) is 6.32. The highest BCUT2D eigenvalue weighted by Crippen LogP contribution is 2.40. The number of thioether (sulfide) groups is 1. The first-order valence-electron chi connectivity index (χ1n) is 12.6. The van der Waals surface area contributed by atoms with Crippen molar-refractivity contribution in [3.05, 3.63) is 50.5 Å². The van der Waals surface area contributed by atoms with Gasteiger partial charge in [-0.05, 0) is 13.8 Å². The van der Waals surface area contributed by atoms with E-state index >= 15 is 0 Å². The van der Waals surface area contributed by atoms with Crippen molar-refractivity contribution in [3.63, 3.8) is 0 Å². The Bertz CT molecular complexity index is 1610. The molecular formula is C25H29N7O9S2. The highest BCUT2D eigenvalue weighted by molar-refractivity contribution is 8.00. The molecule has 0 unspecified atom stereocenters. The van der Waals surface area contributed by atoms with Crippen molar-refractivity contribution < 1.29 is 43.8 Å². The van der Waals surface area contributed by atoms with Gasteiger partial charge in [0.2, 0.25) is 11.0 Å². The van der Waals surface area contributed by atoms with Crippen LogP contribution in [0.25, 0.3) is 0 Å². The summed E-state index contributed by atoms with van der Waals surface area (Å²) >= 11 is 2.24. The fourth-order valence-electron chi connectivity index (χ4n) is 4.43. The number of rotatable bonds is 11. The van der Waals surface area contributed by atoms with Crippen LogP contribution in [0.1, 0.15) is 25.2 Å². The number of nitrogens with two attached hydrogens (primary N) is 1. The number of aromatic hydroxyl groups is 1. The molecule has 0 bridgehead atoms. The van der Waals surface area contributed by atoms with Gasteiger partial charge in [-0.25, -0.2) is 9.78 Å². The number of aliphatic carboxylic acids is 2. The van der Waals surface area contributed by atoms with E-state index in [1.54, 1.807) is 0 Å². The van der Waals surface area contributed by atoms with E-state index in [2.05, 4.69) is 20.4 Å². The van der Waals surface area contributed by atoms with E-state index in [-0.39, 0.29) is 39.8 Å². The lowest BCUT2D eigenvalue weighted by atomic mass is 10.0. The highest BCUT2D eigenvalue weighted by Gasteiger charge is 2.53. The first kappa shape index (κ1) is 31.5. The number of quaternary nitrogens is 1. The van der Waals surface area contributed by atoms with Crippen LogP contribution in [0.4, 0.5) is 5.13 Å². The maximum atomic E-state index is 13.2. The molecule has 0 radical (unpaired) electrons. The lowest BCUT2D eigenvalue weighted by Crippen LogP contribution is -2.71. The predicted octanol–water partition coefficient (Wildman–Crippen LogP) is -1.62. The number of fused-ring (bicyclic) bond motifs is 1. The first-order valence-corrected chi connectivity index (χ1v) is 14.6. The Kier molecular flexibility index (Phi) is 8.57. The van der Waals surface area contributed by atoms with Crippen LogP contribution in [-0.2, 0) is 30.6 Å². The number of pyridine rings is 1. The summed E-state index contributed by atoms with van der Waals surface area (Å²) in [6, 6.07) is 0.124. The SMILES string of the molecule is CC(C)(ON=C(C(=O)N[C@@H]1C(=O)N2C(C(=O)[O-])=C(C[N+](C)(C)Cc3cc(=O)c(O)c[nH]3)CS[C@@H]12)c1csc(N)n1)C(=O)O. The zero-order chi connectivity index (χ0) is 31.9. The molecule has 6 N–H and O–H groups in total. The summed E-state index contributed by atoms with van der Waals surface area (Å²) in [5, 5.41) is 38.0. The number of aromatic amines is 1. The number of nitrogens with zero attached hydrogens (tertiary/aromatic N) is 4. The minimum atomic E-state index is -1.79. The number of oxime groups is 1. The molecule has 0 aromatic carbocycles. The molecular weight excluding hydrogens is 606 g/mol. The molecule has 16 nitrogen and oxygen atoms in total. The van der Waals surface area contributed by atoms with Crippen LogP contribution in [0.5, 0.6) is 5.75 Å². The number of amides is 2. The van der Waals surface area contributed by atoms with Crippen molar-refractivity contribution >= 4 is 57.7 Å². The van der Waals surface area contributed by atoms with E-state index in [9.17, 15) is 39.3 Å². The van der Waals surface area contributed by atoms with Gasteiger partial charge in [-0.15, -0.1) is 23.1 Å². The number of hydrogen-bond acceptors (Lipinski definition) is 13. The Morgan fingerprint density at radius 1 is 1.33 bits per heavy atom. The molecule has 18 heteroatoms. The lowest BCUT2D eigenvalue weighted by molar-refractivity contribution is -0.899. The maximum Gasteiger partial charge on any atom is 0.350 e. The zero-order valence-corrected chi connectivity index (χ0v) is 25.1. The number of H-pyrrole nitrogens is 1. The van der Waals surface area contributed by atoms with Gasteiger partial charge in [0.1, 0.15) is 30.2 Å². The van der Waals surface area contributed by atoms with Crippen LogP contribution < -0.4 is 21.6 Å². The van der Waals surface area contributed by atoms with Gasteiger partial charge in [0.15, 0.2) is 16.6 Å². The molecule has 2 aliphatic heterocycles. The Morgan fingerprint density at radius 2 is 2.02 bits per heavy atom. The van der Waals surface area contributed by atoms with E-state index in [1.165, 1.54) is 43.3 Å². The van der Waals surface area contributed by atoms with Gasteiger partial charge in [-0.2, -0.15) is 0 Å². The molecule has 2 amide bonds. The minimum Gasteiger partial charge on any atom is -0.543 e. The standard InChI is InChI=1S/C25H29N7O9S2/c1-25(2,23(39)40)41-30-16(13-10-43-24(26)28-13)19(35)29-17-20(36)31-18(22(37)38)11(9-42-21(17)31)7-32(3,4)8-12-5-14(33)15(34)6-27-12/h5-6,10,17,21H,7-9H2,1-4H3,(H6-,26,27,28,29,30,33,34,35,37,38,39,40)/t17-,21+/m1/s1. The third-order valence-electron chi connectivity index (χ3n) is 6.56. The molecule has 1 fully saturated rings. The van der Waals surface area contributed by atoms with Crippen LogP contribution >= 0.6 is 23.1 Å². The second-order valence-corrected chi connectivity index (χ2v) is 13.0. The molecule has 230 valence electrons. The second-order valence-electron chi connectivity index (χ2n) is 11.0. The van der Waals surface area contributed by atoms with Crippen LogP contribution in [-0.4, -0.2) is 102 Å².